The van der Waals surface area contributed by atoms with Crippen LogP contribution in [0.1, 0.15) is 27.9 Å². The molecule has 0 radical (unpaired) electrons. The van der Waals surface area contributed by atoms with Gasteiger partial charge in [0.15, 0.2) is 0 Å². The molecular weight excluding hydrogens is 360 g/mol. The monoisotopic (exact) mass is 382 g/mol. The first-order valence-electron chi connectivity index (χ1n) is 9.57. The van der Waals surface area contributed by atoms with Crippen LogP contribution in [0.15, 0.2) is 95.6 Å². The van der Waals surface area contributed by atoms with E-state index in [4.69, 9.17) is 9.73 Å². The number of amides is 1. The van der Waals surface area contributed by atoms with Crippen LogP contribution in [0.25, 0.3) is 5.57 Å². The van der Waals surface area contributed by atoms with Crippen molar-refractivity contribution in [3.63, 3.8) is 0 Å². The summed E-state index contributed by atoms with van der Waals surface area (Å²) >= 11 is 0. The van der Waals surface area contributed by atoms with Crippen molar-refractivity contribution in [3.05, 3.63) is 107 Å². The molecule has 1 N–H and O–H groups in total. The molecule has 29 heavy (non-hydrogen) atoms. The Hall–Kier alpha value is -3.66. The standard InChI is InChI=1S/C25H22N2O2/c1-29-21-14-12-20(13-15-21)25(28)27-24-17-22(19-10-6-3-7-11-19)23(26-24)16-18-8-4-2-5-9-18/h2-15H,16-17H2,1H3,(H,26,27,28). The van der Waals surface area contributed by atoms with E-state index in [0.717, 1.165) is 29.0 Å². The van der Waals surface area contributed by atoms with Crippen LogP contribution in [0.2, 0.25) is 0 Å². The van der Waals surface area contributed by atoms with Gasteiger partial charge in [-0.25, -0.2) is 4.99 Å². The van der Waals surface area contributed by atoms with E-state index in [2.05, 4.69) is 29.6 Å². The molecule has 1 aliphatic heterocycles. The third kappa shape index (κ3) is 4.43. The molecule has 0 aromatic heterocycles. The summed E-state index contributed by atoms with van der Waals surface area (Å²) in [7, 11) is 1.60. The average Bonchev–Trinajstić information content (AvgIpc) is 3.17. The Balaban J connectivity index is 1.56. The van der Waals surface area contributed by atoms with E-state index in [-0.39, 0.29) is 5.91 Å². The van der Waals surface area contributed by atoms with Crippen molar-refractivity contribution >= 4 is 17.3 Å². The van der Waals surface area contributed by atoms with E-state index in [9.17, 15) is 4.79 Å². The summed E-state index contributed by atoms with van der Waals surface area (Å²) in [5, 5.41) is 2.98. The minimum Gasteiger partial charge on any atom is -0.497 e. The van der Waals surface area contributed by atoms with E-state index in [1.54, 1.807) is 31.4 Å². The van der Waals surface area contributed by atoms with Gasteiger partial charge in [-0.3, -0.25) is 4.79 Å². The Bertz CT molecular complexity index is 1050. The van der Waals surface area contributed by atoms with Crippen molar-refractivity contribution in [1.82, 2.24) is 5.32 Å². The van der Waals surface area contributed by atoms with Crippen molar-refractivity contribution in [1.29, 1.82) is 0 Å². The number of rotatable bonds is 5. The van der Waals surface area contributed by atoms with Gasteiger partial charge in [0.25, 0.3) is 5.91 Å². The second kappa shape index (κ2) is 8.57. The lowest BCUT2D eigenvalue weighted by atomic mass is 9.99. The van der Waals surface area contributed by atoms with Crippen LogP contribution in [0.4, 0.5) is 0 Å². The fourth-order valence-electron chi connectivity index (χ4n) is 3.40. The molecule has 0 saturated carbocycles. The minimum atomic E-state index is -0.167. The topological polar surface area (TPSA) is 50.7 Å². The van der Waals surface area contributed by atoms with Crippen LogP contribution in [0.5, 0.6) is 5.75 Å². The Morgan fingerprint density at radius 3 is 2.24 bits per heavy atom. The first kappa shape index (κ1) is 18.7. The van der Waals surface area contributed by atoms with Crippen LogP contribution < -0.4 is 10.1 Å². The predicted octanol–water partition coefficient (Wildman–Crippen LogP) is 4.88. The van der Waals surface area contributed by atoms with Crippen LogP contribution in [-0.4, -0.2) is 18.9 Å². The van der Waals surface area contributed by atoms with Crippen molar-refractivity contribution in [2.75, 3.05) is 7.11 Å². The summed E-state index contributed by atoms with van der Waals surface area (Å²) in [6.07, 6.45) is 1.33. The van der Waals surface area contributed by atoms with Gasteiger partial charge in [0.2, 0.25) is 0 Å². The van der Waals surface area contributed by atoms with Gasteiger partial charge in [0.1, 0.15) is 11.6 Å². The van der Waals surface area contributed by atoms with Crippen LogP contribution in [0, 0.1) is 0 Å². The molecule has 0 bridgehead atoms. The van der Waals surface area contributed by atoms with Gasteiger partial charge in [-0.2, -0.15) is 0 Å². The lowest BCUT2D eigenvalue weighted by Gasteiger charge is -2.07. The number of methoxy groups -OCH3 is 1. The molecule has 0 aliphatic carbocycles. The number of allylic oxidation sites excluding steroid dienone is 1. The second-order valence-electron chi connectivity index (χ2n) is 6.87. The molecule has 4 rings (SSSR count). The maximum Gasteiger partial charge on any atom is 0.256 e. The van der Waals surface area contributed by atoms with Crippen molar-refractivity contribution in [3.8, 4) is 5.75 Å². The number of hydrogen-bond acceptors (Lipinski definition) is 3. The Labute approximate surface area is 170 Å². The number of ether oxygens (including phenoxy) is 1. The first-order chi connectivity index (χ1) is 14.2. The maximum atomic E-state index is 12.7. The predicted molar refractivity (Wildman–Crippen MR) is 116 cm³/mol. The summed E-state index contributed by atoms with van der Waals surface area (Å²) < 4.78 is 5.15. The third-order valence-electron chi connectivity index (χ3n) is 4.91. The fourth-order valence-corrected chi connectivity index (χ4v) is 3.40. The SMILES string of the molecule is COc1ccc(C(=O)NC2=NC(Cc3ccccc3)=C(c3ccccc3)C2)cc1. The Morgan fingerprint density at radius 2 is 1.59 bits per heavy atom. The van der Waals surface area contributed by atoms with Gasteiger partial charge in [-0.05, 0) is 41.0 Å². The summed E-state index contributed by atoms with van der Waals surface area (Å²) in [4.78, 5) is 17.4. The van der Waals surface area contributed by atoms with Gasteiger partial charge >= 0.3 is 0 Å². The smallest absolute Gasteiger partial charge is 0.256 e. The van der Waals surface area contributed by atoms with Crippen molar-refractivity contribution < 1.29 is 9.53 Å². The summed E-state index contributed by atoms with van der Waals surface area (Å²) in [6, 6.07) is 27.5. The molecule has 4 nitrogen and oxygen atoms in total. The number of nitrogens with zero attached hydrogens (tertiary/aromatic N) is 1. The zero-order chi connectivity index (χ0) is 20.1. The highest BCUT2D eigenvalue weighted by atomic mass is 16.5. The number of hydrogen-bond donors (Lipinski definition) is 1. The zero-order valence-corrected chi connectivity index (χ0v) is 16.3. The highest BCUT2D eigenvalue weighted by molar-refractivity contribution is 6.11. The minimum absolute atomic E-state index is 0.167. The maximum absolute atomic E-state index is 12.7. The van der Waals surface area contributed by atoms with Gasteiger partial charge in [0, 0.05) is 18.4 Å². The zero-order valence-electron chi connectivity index (χ0n) is 16.3. The Kier molecular flexibility index (Phi) is 5.52. The summed E-state index contributed by atoms with van der Waals surface area (Å²) in [5.41, 5.74) is 5.05. The number of nitrogens with one attached hydrogen (secondary N) is 1. The molecule has 4 heteroatoms. The molecule has 0 spiro atoms. The number of carbonyl (C=O) groups is 1. The molecule has 1 aliphatic rings. The van der Waals surface area contributed by atoms with Crippen LogP contribution in [0.3, 0.4) is 0 Å². The molecule has 144 valence electrons. The van der Waals surface area contributed by atoms with Crippen LogP contribution in [-0.2, 0) is 6.42 Å². The van der Waals surface area contributed by atoms with Gasteiger partial charge in [0.05, 0.1) is 12.8 Å². The van der Waals surface area contributed by atoms with E-state index in [0.29, 0.717) is 17.8 Å². The summed E-state index contributed by atoms with van der Waals surface area (Å²) in [5.74, 6) is 1.23. The lowest BCUT2D eigenvalue weighted by Crippen LogP contribution is -2.29. The molecule has 0 unspecified atom stereocenters. The Morgan fingerprint density at radius 1 is 0.931 bits per heavy atom. The van der Waals surface area contributed by atoms with E-state index >= 15 is 0 Å². The average molecular weight is 382 g/mol. The molecule has 1 heterocycles. The fraction of sp³-hybridized carbons (Fsp3) is 0.120. The number of benzene rings is 3. The molecule has 1 amide bonds. The highest BCUT2D eigenvalue weighted by Gasteiger charge is 2.21. The van der Waals surface area contributed by atoms with E-state index < -0.39 is 0 Å². The molecule has 3 aromatic rings. The first-order valence-corrected chi connectivity index (χ1v) is 9.57. The largest absolute Gasteiger partial charge is 0.497 e. The quantitative estimate of drug-likeness (QED) is 0.684. The number of aliphatic imine (C=N–C) groups is 1. The lowest BCUT2D eigenvalue weighted by molar-refractivity contribution is 0.0976. The molecule has 3 aromatic carbocycles. The molecule has 0 saturated heterocycles. The number of carbonyl (C=O) groups excluding carboxylic acids is 1. The van der Waals surface area contributed by atoms with Crippen molar-refractivity contribution in [2.45, 2.75) is 12.8 Å². The molecule has 0 atom stereocenters. The molecule has 0 fully saturated rings. The molecular formula is C25H22N2O2. The van der Waals surface area contributed by atoms with E-state index in [1.807, 2.05) is 36.4 Å². The van der Waals surface area contributed by atoms with Crippen LogP contribution >= 0.6 is 0 Å². The van der Waals surface area contributed by atoms with Crippen molar-refractivity contribution in [2.24, 2.45) is 4.99 Å². The van der Waals surface area contributed by atoms with Gasteiger partial charge in [-0.15, -0.1) is 0 Å². The summed E-state index contributed by atoms with van der Waals surface area (Å²) in [6.45, 7) is 0. The number of amidine groups is 1. The third-order valence-corrected chi connectivity index (χ3v) is 4.91. The van der Waals surface area contributed by atoms with Gasteiger partial charge in [-0.1, -0.05) is 60.7 Å². The second-order valence-corrected chi connectivity index (χ2v) is 6.87. The highest BCUT2D eigenvalue weighted by Crippen LogP contribution is 2.31. The van der Waals surface area contributed by atoms with Gasteiger partial charge < -0.3 is 10.1 Å². The van der Waals surface area contributed by atoms with E-state index in [1.165, 1.54) is 5.56 Å². The normalized spacial score (nSPS) is 13.2.